The summed E-state index contributed by atoms with van der Waals surface area (Å²) in [5.41, 5.74) is 3.72. The lowest BCUT2D eigenvalue weighted by Gasteiger charge is -2.29. The molecule has 1 rings (SSSR count). The van der Waals surface area contributed by atoms with Gasteiger partial charge in [0.25, 0.3) is 0 Å². The van der Waals surface area contributed by atoms with Crippen LogP contribution in [0.4, 0.5) is 13.2 Å². The Morgan fingerprint density at radius 3 is 2.50 bits per heavy atom. The molecule has 3 N–H and O–H groups in total. The van der Waals surface area contributed by atoms with Crippen LogP contribution in [0, 0.1) is 5.41 Å². The number of hydrogen-bond acceptors (Lipinski definition) is 3. The number of nitrogens with zero attached hydrogens (tertiary/aromatic N) is 1. The first-order chi connectivity index (χ1) is 7.23. The maximum Gasteiger partial charge on any atom is 0.433 e. The minimum absolute atomic E-state index is 0.0415. The third-order valence-corrected chi connectivity index (χ3v) is 2.42. The average molecular weight is 235 g/mol. The molecule has 0 aliphatic carbocycles. The maximum atomic E-state index is 12.3. The summed E-state index contributed by atoms with van der Waals surface area (Å²) in [5, 5.41) is 7.00. The second-order valence-electron chi connectivity index (χ2n) is 3.57. The van der Waals surface area contributed by atoms with Crippen molar-refractivity contribution in [2.75, 3.05) is 13.1 Å². The minimum Gasteiger partial charge on any atom is -0.402 e. The summed E-state index contributed by atoms with van der Waals surface area (Å²) in [7, 11) is 0. The molecule has 0 unspecified atom stereocenters. The smallest absolute Gasteiger partial charge is 0.402 e. The lowest BCUT2D eigenvalue weighted by Crippen LogP contribution is -2.41. The number of nitrogens with two attached hydrogens (primary N) is 1. The highest BCUT2D eigenvalue weighted by Crippen LogP contribution is 2.25. The molecule has 0 aromatic rings. The Labute approximate surface area is 90.4 Å². The first kappa shape index (κ1) is 12.5. The fourth-order valence-electron chi connectivity index (χ4n) is 1.46. The van der Waals surface area contributed by atoms with E-state index in [1.54, 1.807) is 0 Å². The molecule has 1 aliphatic heterocycles. The zero-order valence-electron chi connectivity index (χ0n) is 8.69. The monoisotopic (exact) mass is 235 g/mol. The van der Waals surface area contributed by atoms with Crippen LogP contribution in [0.3, 0.4) is 0 Å². The largest absolute Gasteiger partial charge is 0.433 e. The van der Waals surface area contributed by atoms with Gasteiger partial charge in [-0.2, -0.15) is 13.2 Å². The fraction of sp³-hybridized carbons (Fsp3) is 0.556. The van der Waals surface area contributed by atoms with Crippen LogP contribution < -0.4 is 5.73 Å². The molecule has 1 amide bonds. The topological polar surface area (TPSA) is 70.2 Å². The number of amides is 1. The molecule has 1 heterocycles. The van der Waals surface area contributed by atoms with Crippen molar-refractivity contribution in [1.29, 1.82) is 5.41 Å². The van der Waals surface area contributed by atoms with Crippen LogP contribution in [-0.4, -0.2) is 35.8 Å². The zero-order valence-corrected chi connectivity index (χ0v) is 8.69. The predicted octanol–water partition coefficient (Wildman–Crippen LogP) is 1.03. The van der Waals surface area contributed by atoms with Gasteiger partial charge in [0, 0.05) is 37.7 Å². The van der Waals surface area contributed by atoms with Crippen LogP contribution in [-0.2, 0) is 4.79 Å². The van der Waals surface area contributed by atoms with Gasteiger partial charge in [0.15, 0.2) is 0 Å². The molecule has 0 saturated heterocycles. The molecule has 0 aromatic carbocycles. The van der Waals surface area contributed by atoms with Crippen molar-refractivity contribution in [2.24, 2.45) is 5.73 Å². The zero-order chi connectivity index (χ0) is 12.5. The SMILES string of the molecule is CC(=O)N1CCC(N)=C(C(=N)C(F)(F)F)C1. The van der Waals surface area contributed by atoms with Crippen LogP contribution in [0.25, 0.3) is 0 Å². The Morgan fingerprint density at radius 1 is 1.50 bits per heavy atom. The number of nitrogens with one attached hydrogen (secondary N) is 1. The van der Waals surface area contributed by atoms with E-state index in [-0.39, 0.29) is 30.1 Å². The number of rotatable bonds is 1. The summed E-state index contributed by atoms with van der Waals surface area (Å²) < 4.78 is 37.0. The van der Waals surface area contributed by atoms with Crippen molar-refractivity contribution >= 4 is 11.6 Å². The fourth-order valence-corrected chi connectivity index (χ4v) is 1.46. The molecular weight excluding hydrogens is 223 g/mol. The van der Waals surface area contributed by atoms with Crippen LogP contribution in [0.2, 0.25) is 0 Å². The highest BCUT2D eigenvalue weighted by molar-refractivity contribution is 6.03. The minimum atomic E-state index is -4.72. The number of carbonyl (C=O) groups is 1. The Balaban J connectivity index is 2.94. The van der Waals surface area contributed by atoms with Crippen molar-refractivity contribution in [2.45, 2.75) is 19.5 Å². The molecular formula is C9H12F3N3O. The lowest BCUT2D eigenvalue weighted by atomic mass is 10.0. The van der Waals surface area contributed by atoms with Crippen molar-refractivity contribution < 1.29 is 18.0 Å². The number of alkyl halides is 3. The second kappa shape index (κ2) is 4.15. The van der Waals surface area contributed by atoms with Gasteiger partial charge in [0.05, 0.1) is 0 Å². The first-order valence-electron chi connectivity index (χ1n) is 4.62. The Morgan fingerprint density at radius 2 is 2.06 bits per heavy atom. The van der Waals surface area contributed by atoms with Gasteiger partial charge in [0.1, 0.15) is 5.71 Å². The molecule has 1 aliphatic rings. The van der Waals surface area contributed by atoms with E-state index < -0.39 is 11.9 Å². The molecule has 4 nitrogen and oxygen atoms in total. The third-order valence-electron chi connectivity index (χ3n) is 2.42. The quantitative estimate of drug-likeness (QED) is 0.666. The van der Waals surface area contributed by atoms with E-state index in [1.807, 2.05) is 0 Å². The van der Waals surface area contributed by atoms with Crippen LogP contribution in [0.5, 0.6) is 0 Å². The summed E-state index contributed by atoms with van der Waals surface area (Å²) in [6.45, 7) is 1.34. The van der Waals surface area contributed by atoms with E-state index in [0.29, 0.717) is 6.54 Å². The summed E-state index contributed by atoms with van der Waals surface area (Å²) >= 11 is 0. The van der Waals surface area contributed by atoms with Gasteiger partial charge >= 0.3 is 6.18 Å². The van der Waals surface area contributed by atoms with Gasteiger partial charge in [-0.25, -0.2) is 0 Å². The highest BCUT2D eigenvalue weighted by Gasteiger charge is 2.39. The molecule has 0 saturated carbocycles. The van der Waals surface area contributed by atoms with Crippen molar-refractivity contribution in [3.05, 3.63) is 11.3 Å². The lowest BCUT2D eigenvalue weighted by molar-refractivity contribution is -0.128. The van der Waals surface area contributed by atoms with Crippen LogP contribution in [0.15, 0.2) is 11.3 Å². The molecule has 90 valence electrons. The number of carbonyl (C=O) groups excluding carboxylic acids is 1. The van der Waals surface area contributed by atoms with Crippen LogP contribution in [0.1, 0.15) is 13.3 Å². The van der Waals surface area contributed by atoms with Gasteiger partial charge in [0.2, 0.25) is 5.91 Å². The van der Waals surface area contributed by atoms with Crippen molar-refractivity contribution in [3.63, 3.8) is 0 Å². The highest BCUT2D eigenvalue weighted by atomic mass is 19.4. The second-order valence-corrected chi connectivity index (χ2v) is 3.57. The third kappa shape index (κ3) is 2.53. The molecule has 0 bridgehead atoms. The van der Waals surface area contributed by atoms with Gasteiger partial charge in [-0.3, -0.25) is 10.2 Å². The van der Waals surface area contributed by atoms with Gasteiger partial charge in [-0.15, -0.1) is 0 Å². The van der Waals surface area contributed by atoms with E-state index in [2.05, 4.69) is 0 Å². The normalized spacial score (nSPS) is 17.6. The van der Waals surface area contributed by atoms with E-state index >= 15 is 0 Å². The molecule has 0 atom stereocenters. The first-order valence-corrected chi connectivity index (χ1v) is 4.62. The van der Waals surface area contributed by atoms with E-state index in [9.17, 15) is 18.0 Å². The standard InChI is InChI=1S/C9H12F3N3O/c1-5(16)15-3-2-7(13)6(4-15)8(14)9(10,11)12/h14H,2-4,13H2,1H3. The molecule has 0 aromatic heterocycles. The summed E-state index contributed by atoms with van der Waals surface area (Å²) in [6.07, 6.45) is -4.55. The maximum absolute atomic E-state index is 12.3. The Kier molecular flexibility index (Phi) is 3.25. The Bertz CT molecular complexity index is 360. The number of halogens is 3. The average Bonchev–Trinajstić information content (AvgIpc) is 2.15. The van der Waals surface area contributed by atoms with Gasteiger partial charge in [-0.1, -0.05) is 0 Å². The molecule has 0 fully saturated rings. The van der Waals surface area contributed by atoms with Crippen molar-refractivity contribution in [3.8, 4) is 0 Å². The van der Waals surface area contributed by atoms with Crippen LogP contribution >= 0.6 is 0 Å². The summed E-state index contributed by atoms with van der Waals surface area (Å²) in [6, 6.07) is 0. The molecule has 16 heavy (non-hydrogen) atoms. The van der Waals surface area contributed by atoms with Crippen molar-refractivity contribution in [1.82, 2.24) is 4.90 Å². The van der Waals surface area contributed by atoms with Gasteiger partial charge < -0.3 is 10.6 Å². The molecule has 0 spiro atoms. The van der Waals surface area contributed by atoms with E-state index in [0.717, 1.165) is 0 Å². The summed E-state index contributed by atoms with van der Waals surface area (Å²) in [5.74, 6) is -0.319. The predicted molar refractivity (Wildman–Crippen MR) is 51.9 cm³/mol. The van der Waals surface area contributed by atoms with Gasteiger partial charge in [-0.05, 0) is 0 Å². The van der Waals surface area contributed by atoms with E-state index in [1.165, 1.54) is 11.8 Å². The molecule has 7 heteroatoms. The molecule has 0 radical (unpaired) electrons. The Hall–Kier alpha value is -1.53. The van der Waals surface area contributed by atoms with E-state index in [4.69, 9.17) is 11.1 Å². The number of hydrogen-bond donors (Lipinski definition) is 2. The summed E-state index contributed by atoms with van der Waals surface area (Å²) in [4.78, 5) is 12.3.